The zero-order chi connectivity index (χ0) is 7.98. The summed E-state index contributed by atoms with van der Waals surface area (Å²) in [6.07, 6.45) is 2.25. The smallest absolute Gasteiger partial charge is 0.0657 e. The lowest BCUT2D eigenvalue weighted by molar-refractivity contribution is 0.0186. The molecular formula is C8H15NO. The van der Waals surface area contributed by atoms with E-state index >= 15 is 0 Å². The summed E-state index contributed by atoms with van der Waals surface area (Å²) in [7, 11) is 1.69. The van der Waals surface area contributed by atoms with Crippen LogP contribution in [0.25, 0.3) is 0 Å². The molecule has 0 bridgehead atoms. The Kier molecular flexibility index (Phi) is 4.96. The van der Waals surface area contributed by atoms with Gasteiger partial charge in [0.15, 0.2) is 0 Å². The van der Waals surface area contributed by atoms with E-state index in [0.29, 0.717) is 6.10 Å². The minimum atomic E-state index is 0.278. The molecule has 0 aromatic rings. The van der Waals surface area contributed by atoms with Crippen LogP contribution in [0.3, 0.4) is 0 Å². The molecule has 1 saturated carbocycles. The molecule has 1 aliphatic carbocycles. The molecule has 0 amide bonds. The number of rotatable bonds is 1. The van der Waals surface area contributed by atoms with E-state index in [1.165, 1.54) is 0 Å². The van der Waals surface area contributed by atoms with E-state index in [0.717, 1.165) is 12.8 Å². The van der Waals surface area contributed by atoms with Crippen LogP contribution in [-0.2, 0) is 4.74 Å². The van der Waals surface area contributed by atoms with Gasteiger partial charge in [0.1, 0.15) is 0 Å². The predicted octanol–water partition coefficient (Wildman–Crippen LogP) is 1.96. The lowest BCUT2D eigenvalue weighted by Gasteiger charge is -2.28. The van der Waals surface area contributed by atoms with Crippen LogP contribution in [0, 0.1) is 17.2 Å². The summed E-state index contributed by atoms with van der Waals surface area (Å²) < 4.78 is 4.97. The lowest BCUT2D eigenvalue weighted by Crippen LogP contribution is -2.28. The fourth-order valence-corrected chi connectivity index (χ4v) is 0.864. The summed E-state index contributed by atoms with van der Waals surface area (Å²) in [5.74, 6) is 0.278. The van der Waals surface area contributed by atoms with Crippen molar-refractivity contribution in [3.05, 3.63) is 0 Å². The minimum absolute atomic E-state index is 0.278. The van der Waals surface area contributed by atoms with Gasteiger partial charge in [-0.3, -0.25) is 0 Å². The highest BCUT2D eigenvalue weighted by molar-refractivity contribution is 4.94. The molecule has 0 spiro atoms. The molecule has 1 aliphatic rings. The van der Waals surface area contributed by atoms with Gasteiger partial charge in [0, 0.05) is 7.11 Å². The van der Waals surface area contributed by atoms with Crippen molar-refractivity contribution in [1.82, 2.24) is 0 Å². The van der Waals surface area contributed by atoms with Crippen molar-refractivity contribution in [2.75, 3.05) is 7.11 Å². The Balaban J connectivity index is 0.000000371. The number of nitrogens with zero attached hydrogens (tertiary/aromatic N) is 1. The number of hydrogen-bond acceptors (Lipinski definition) is 2. The maximum absolute atomic E-state index is 8.29. The fourth-order valence-electron chi connectivity index (χ4n) is 0.864. The highest BCUT2D eigenvalue weighted by Gasteiger charge is 2.28. The molecular weight excluding hydrogens is 126 g/mol. The Labute approximate surface area is 62.8 Å². The summed E-state index contributed by atoms with van der Waals surface area (Å²) in [5.41, 5.74) is 0. The first-order valence-electron chi connectivity index (χ1n) is 3.79. The third kappa shape index (κ3) is 2.36. The monoisotopic (exact) mass is 141 g/mol. The van der Waals surface area contributed by atoms with E-state index in [2.05, 4.69) is 6.07 Å². The molecule has 0 heterocycles. The van der Waals surface area contributed by atoms with E-state index in [-0.39, 0.29) is 5.92 Å². The SMILES string of the molecule is CC.COC1CC(C#N)C1. The zero-order valence-corrected chi connectivity index (χ0v) is 6.92. The summed E-state index contributed by atoms with van der Waals surface area (Å²) in [5, 5.41) is 8.29. The summed E-state index contributed by atoms with van der Waals surface area (Å²) >= 11 is 0. The molecule has 0 saturated heterocycles. The Morgan fingerprint density at radius 3 is 2.20 bits per heavy atom. The first-order valence-corrected chi connectivity index (χ1v) is 3.79. The quantitative estimate of drug-likeness (QED) is 0.559. The van der Waals surface area contributed by atoms with Crippen LogP contribution in [0.2, 0.25) is 0 Å². The van der Waals surface area contributed by atoms with Gasteiger partial charge >= 0.3 is 0 Å². The van der Waals surface area contributed by atoms with Crippen molar-refractivity contribution < 1.29 is 4.74 Å². The van der Waals surface area contributed by atoms with Crippen LogP contribution in [0.5, 0.6) is 0 Å². The number of ether oxygens (including phenoxy) is 1. The molecule has 0 aliphatic heterocycles. The second-order valence-corrected chi connectivity index (χ2v) is 2.16. The van der Waals surface area contributed by atoms with Crippen LogP contribution < -0.4 is 0 Å². The van der Waals surface area contributed by atoms with Crippen LogP contribution in [0.1, 0.15) is 26.7 Å². The molecule has 2 nitrogen and oxygen atoms in total. The molecule has 1 fully saturated rings. The number of hydrogen-bond donors (Lipinski definition) is 0. The maximum atomic E-state index is 8.29. The van der Waals surface area contributed by atoms with Gasteiger partial charge in [0.25, 0.3) is 0 Å². The Morgan fingerprint density at radius 1 is 1.40 bits per heavy atom. The summed E-state index contributed by atoms with van der Waals surface area (Å²) in [6, 6.07) is 2.19. The van der Waals surface area contributed by atoms with Crippen molar-refractivity contribution in [3.8, 4) is 6.07 Å². The molecule has 0 aromatic carbocycles. The van der Waals surface area contributed by atoms with Crippen molar-refractivity contribution in [2.24, 2.45) is 5.92 Å². The molecule has 0 N–H and O–H groups in total. The molecule has 1 rings (SSSR count). The third-order valence-corrected chi connectivity index (χ3v) is 1.61. The van der Waals surface area contributed by atoms with Gasteiger partial charge in [0.05, 0.1) is 18.1 Å². The van der Waals surface area contributed by atoms with Crippen molar-refractivity contribution in [2.45, 2.75) is 32.8 Å². The van der Waals surface area contributed by atoms with E-state index in [4.69, 9.17) is 10.00 Å². The second kappa shape index (κ2) is 5.25. The summed E-state index contributed by atoms with van der Waals surface area (Å²) in [6.45, 7) is 4.00. The zero-order valence-electron chi connectivity index (χ0n) is 6.92. The van der Waals surface area contributed by atoms with Gasteiger partial charge in [-0.15, -0.1) is 0 Å². The van der Waals surface area contributed by atoms with Crippen LogP contribution in [0.15, 0.2) is 0 Å². The largest absolute Gasteiger partial charge is 0.381 e. The second-order valence-electron chi connectivity index (χ2n) is 2.16. The normalized spacial score (nSPS) is 29.0. The van der Waals surface area contributed by atoms with E-state index < -0.39 is 0 Å². The molecule has 0 atom stereocenters. The van der Waals surface area contributed by atoms with Gasteiger partial charge in [0.2, 0.25) is 0 Å². The fraction of sp³-hybridized carbons (Fsp3) is 0.875. The highest BCUT2D eigenvalue weighted by atomic mass is 16.5. The molecule has 0 aromatic heterocycles. The number of methoxy groups -OCH3 is 1. The average Bonchev–Trinajstić information content (AvgIpc) is 1.91. The lowest BCUT2D eigenvalue weighted by atomic mass is 9.84. The Morgan fingerprint density at radius 2 is 1.90 bits per heavy atom. The summed E-state index contributed by atoms with van der Waals surface area (Å²) in [4.78, 5) is 0. The van der Waals surface area contributed by atoms with Gasteiger partial charge < -0.3 is 4.74 Å². The van der Waals surface area contributed by atoms with Gasteiger partial charge in [-0.25, -0.2) is 0 Å². The van der Waals surface area contributed by atoms with Crippen LogP contribution in [-0.4, -0.2) is 13.2 Å². The standard InChI is InChI=1S/C6H9NO.C2H6/c1-8-6-2-5(3-6)4-7;1-2/h5-6H,2-3H2,1H3;1-2H3. The molecule has 58 valence electrons. The predicted molar refractivity (Wildman–Crippen MR) is 40.5 cm³/mol. The van der Waals surface area contributed by atoms with Crippen molar-refractivity contribution >= 4 is 0 Å². The molecule has 2 heteroatoms. The average molecular weight is 141 g/mol. The van der Waals surface area contributed by atoms with Crippen molar-refractivity contribution in [1.29, 1.82) is 5.26 Å². The topological polar surface area (TPSA) is 33.0 Å². The van der Waals surface area contributed by atoms with Crippen LogP contribution in [0.4, 0.5) is 0 Å². The Bertz CT molecular complexity index is 111. The van der Waals surface area contributed by atoms with Gasteiger partial charge in [-0.1, -0.05) is 13.8 Å². The first kappa shape index (κ1) is 9.45. The molecule has 10 heavy (non-hydrogen) atoms. The molecule has 0 radical (unpaired) electrons. The van der Waals surface area contributed by atoms with Gasteiger partial charge in [-0.2, -0.15) is 5.26 Å². The maximum Gasteiger partial charge on any atom is 0.0657 e. The Hall–Kier alpha value is -0.550. The first-order chi connectivity index (χ1) is 4.86. The highest BCUT2D eigenvalue weighted by Crippen LogP contribution is 2.28. The van der Waals surface area contributed by atoms with Gasteiger partial charge in [-0.05, 0) is 12.8 Å². The van der Waals surface area contributed by atoms with Crippen molar-refractivity contribution in [3.63, 3.8) is 0 Å². The number of nitriles is 1. The minimum Gasteiger partial charge on any atom is -0.381 e. The van der Waals surface area contributed by atoms with E-state index in [1.54, 1.807) is 7.11 Å². The molecule has 0 unspecified atom stereocenters. The van der Waals surface area contributed by atoms with E-state index in [9.17, 15) is 0 Å². The third-order valence-electron chi connectivity index (χ3n) is 1.61. The van der Waals surface area contributed by atoms with Crippen LogP contribution >= 0.6 is 0 Å². The van der Waals surface area contributed by atoms with E-state index in [1.807, 2.05) is 13.8 Å².